The lowest BCUT2D eigenvalue weighted by atomic mass is 9.99. The van der Waals surface area contributed by atoms with E-state index in [9.17, 15) is 14.7 Å². The van der Waals surface area contributed by atoms with Crippen molar-refractivity contribution < 1.29 is 14.7 Å². The van der Waals surface area contributed by atoms with E-state index in [1.807, 2.05) is 11.8 Å². The highest BCUT2D eigenvalue weighted by Crippen LogP contribution is 2.24. The molecule has 0 aliphatic carbocycles. The lowest BCUT2D eigenvalue weighted by Gasteiger charge is -2.48. The first-order valence-electron chi connectivity index (χ1n) is 6.79. The van der Waals surface area contributed by atoms with Crippen LogP contribution in [0.2, 0.25) is 0 Å². The predicted molar refractivity (Wildman–Crippen MR) is 76.1 cm³/mol. The molecule has 0 spiro atoms. The molecular formula is C13H19N5O3. The molecule has 1 aliphatic heterocycles. The molecule has 0 aromatic carbocycles. The number of carboxylic acid groups (broad SMARTS) is 1. The maximum Gasteiger partial charge on any atom is 0.409 e. The lowest BCUT2D eigenvalue weighted by Crippen LogP contribution is -2.73. The number of hydrogen-bond acceptors (Lipinski definition) is 6. The molecule has 0 bridgehead atoms. The summed E-state index contributed by atoms with van der Waals surface area (Å²) in [6.45, 7) is 4.62. The van der Waals surface area contributed by atoms with Gasteiger partial charge in [0.2, 0.25) is 0 Å². The number of ketones is 1. The zero-order valence-corrected chi connectivity index (χ0v) is 12.1. The van der Waals surface area contributed by atoms with E-state index < -0.39 is 11.8 Å². The SMILES string of the molecule is CCNC1(C(C)=O)CN(c2cnccn2)CCN1C(=O)O. The van der Waals surface area contributed by atoms with E-state index in [1.165, 1.54) is 11.8 Å². The van der Waals surface area contributed by atoms with Gasteiger partial charge in [-0.3, -0.25) is 20.0 Å². The number of nitrogens with one attached hydrogen (secondary N) is 1. The van der Waals surface area contributed by atoms with Crippen molar-refractivity contribution >= 4 is 17.7 Å². The Bertz CT molecular complexity index is 524. The third kappa shape index (κ3) is 2.80. The first kappa shape index (κ1) is 15.2. The van der Waals surface area contributed by atoms with Crippen LogP contribution in [-0.4, -0.2) is 63.7 Å². The van der Waals surface area contributed by atoms with Gasteiger partial charge in [-0.25, -0.2) is 9.78 Å². The minimum atomic E-state index is -1.25. The molecule has 2 rings (SSSR count). The zero-order chi connectivity index (χ0) is 15.5. The van der Waals surface area contributed by atoms with Crippen molar-refractivity contribution in [3.05, 3.63) is 18.6 Å². The summed E-state index contributed by atoms with van der Waals surface area (Å²) in [7, 11) is 0. The van der Waals surface area contributed by atoms with Crippen LogP contribution in [-0.2, 0) is 4.79 Å². The van der Waals surface area contributed by atoms with Crippen LogP contribution in [0.1, 0.15) is 13.8 Å². The maximum atomic E-state index is 12.2. The van der Waals surface area contributed by atoms with Crippen LogP contribution in [0.25, 0.3) is 0 Å². The van der Waals surface area contributed by atoms with Crippen LogP contribution in [0.4, 0.5) is 10.6 Å². The van der Waals surface area contributed by atoms with Gasteiger partial charge in [0.05, 0.1) is 12.7 Å². The first-order valence-corrected chi connectivity index (χ1v) is 6.79. The standard InChI is InChI=1S/C13H19N5O3/c1-3-16-13(10(2)19)9-17(6-7-18(13)12(20)21)11-8-14-4-5-15-11/h4-5,8,16H,3,6-7,9H2,1-2H3,(H,20,21). The second-order valence-electron chi connectivity index (χ2n) is 4.87. The van der Waals surface area contributed by atoms with E-state index in [2.05, 4.69) is 15.3 Å². The average Bonchev–Trinajstić information content (AvgIpc) is 2.48. The molecule has 1 aliphatic rings. The molecule has 2 heterocycles. The number of carbonyl (C=O) groups is 2. The number of nitrogens with zero attached hydrogens (tertiary/aromatic N) is 4. The van der Waals surface area contributed by atoms with Crippen molar-refractivity contribution in [2.45, 2.75) is 19.5 Å². The Morgan fingerprint density at radius 1 is 1.43 bits per heavy atom. The Labute approximate surface area is 122 Å². The molecule has 1 aromatic heterocycles. The molecule has 1 fully saturated rings. The van der Waals surface area contributed by atoms with Gasteiger partial charge in [0.1, 0.15) is 5.82 Å². The van der Waals surface area contributed by atoms with Crippen molar-refractivity contribution in [3.63, 3.8) is 0 Å². The summed E-state index contributed by atoms with van der Waals surface area (Å²) < 4.78 is 0. The summed E-state index contributed by atoms with van der Waals surface area (Å²) in [6.07, 6.45) is 3.64. The van der Waals surface area contributed by atoms with Crippen LogP contribution in [0.15, 0.2) is 18.6 Å². The molecule has 1 aromatic rings. The number of rotatable bonds is 4. The zero-order valence-electron chi connectivity index (χ0n) is 12.1. The Kier molecular flexibility index (Phi) is 4.37. The molecule has 2 N–H and O–H groups in total. The Balaban J connectivity index is 2.35. The summed E-state index contributed by atoms with van der Waals surface area (Å²) in [6, 6.07) is 0. The third-order valence-corrected chi connectivity index (χ3v) is 3.63. The van der Waals surface area contributed by atoms with E-state index in [-0.39, 0.29) is 18.9 Å². The van der Waals surface area contributed by atoms with E-state index in [1.54, 1.807) is 18.6 Å². The van der Waals surface area contributed by atoms with Gasteiger partial charge in [0, 0.05) is 25.5 Å². The fourth-order valence-corrected chi connectivity index (χ4v) is 2.63. The minimum absolute atomic E-state index is 0.209. The van der Waals surface area contributed by atoms with Gasteiger partial charge in [0.15, 0.2) is 11.4 Å². The highest BCUT2D eigenvalue weighted by Gasteiger charge is 2.48. The van der Waals surface area contributed by atoms with Crippen molar-refractivity contribution in [1.82, 2.24) is 20.2 Å². The Hall–Kier alpha value is -2.22. The van der Waals surface area contributed by atoms with Gasteiger partial charge in [-0.1, -0.05) is 6.92 Å². The summed E-state index contributed by atoms with van der Waals surface area (Å²) in [5, 5.41) is 12.4. The van der Waals surface area contributed by atoms with Crippen LogP contribution in [0.5, 0.6) is 0 Å². The van der Waals surface area contributed by atoms with E-state index in [4.69, 9.17) is 0 Å². The molecule has 8 nitrogen and oxygen atoms in total. The van der Waals surface area contributed by atoms with Crippen molar-refractivity contribution in [3.8, 4) is 0 Å². The van der Waals surface area contributed by atoms with Gasteiger partial charge in [-0.2, -0.15) is 0 Å². The molecule has 0 radical (unpaired) electrons. The quantitative estimate of drug-likeness (QED) is 0.816. The molecule has 21 heavy (non-hydrogen) atoms. The highest BCUT2D eigenvalue weighted by molar-refractivity contribution is 5.90. The molecular weight excluding hydrogens is 274 g/mol. The highest BCUT2D eigenvalue weighted by atomic mass is 16.4. The van der Waals surface area contributed by atoms with Gasteiger partial charge in [0.25, 0.3) is 0 Å². The molecule has 1 saturated heterocycles. The molecule has 1 atom stereocenters. The summed E-state index contributed by atoms with van der Waals surface area (Å²) in [4.78, 5) is 34.9. The topological polar surface area (TPSA) is 98.7 Å². The molecule has 8 heteroatoms. The maximum absolute atomic E-state index is 12.2. The minimum Gasteiger partial charge on any atom is -0.465 e. The predicted octanol–water partition coefficient (Wildman–Crippen LogP) is 0.171. The van der Waals surface area contributed by atoms with Gasteiger partial charge >= 0.3 is 6.09 Å². The van der Waals surface area contributed by atoms with E-state index in [0.717, 1.165) is 0 Å². The van der Waals surface area contributed by atoms with Crippen molar-refractivity contribution in [2.24, 2.45) is 0 Å². The number of amides is 1. The fourth-order valence-electron chi connectivity index (χ4n) is 2.63. The number of piperazine rings is 1. The second kappa shape index (κ2) is 6.04. The van der Waals surface area contributed by atoms with Gasteiger partial charge in [-0.05, 0) is 13.5 Å². The van der Waals surface area contributed by atoms with Crippen LogP contribution in [0, 0.1) is 0 Å². The Morgan fingerprint density at radius 3 is 2.71 bits per heavy atom. The average molecular weight is 293 g/mol. The smallest absolute Gasteiger partial charge is 0.409 e. The van der Waals surface area contributed by atoms with E-state index in [0.29, 0.717) is 18.9 Å². The third-order valence-electron chi connectivity index (χ3n) is 3.63. The summed E-state index contributed by atoms with van der Waals surface area (Å²) >= 11 is 0. The number of carbonyl (C=O) groups excluding carboxylic acids is 1. The second-order valence-corrected chi connectivity index (χ2v) is 4.87. The number of aromatic nitrogens is 2. The van der Waals surface area contributed by atoms with Crippen LogP contribution in [0.3, 0.4) is 0 Å². The van der Waals surface area contributed by atoms with Gasteiger partial charge in [-0.15, -0.1) is 0 Å². The fraction of sp³-hybridized carbons (Fsp3) is 0.538. The molecule has 1 amide bonds. The number of likely N-dealkylation sites (N-methyl/N-ethyl adjacent to an activating group) is 1. The normalized spacial score (nSPS) is 22.2. The van der Waals surface area contributed by atoms with Crippen LogP contribution >= 0.6 is 0 Å². The summed E-state index contributed by atoms with van der Waals surface area (Å²) in [5.74, 6) is 0.395. The molecule has 0 saturated carbocycles. The van der Waals surface area contributed by atoms with Crippen molar-refractivity contribution in [2.75, 3.05) is 31.1 Å². The molecule has 114 valence electrons. The number of hydrogen-bond donors (Lipinski definition) is 2. The summed E-state index contributed by atoms with van der Waals surface area (Å²) in [5.41, 5.74) is -1.25. The van der Waals surface area contributed by atoms with E-state index >= 15 is 0 Å². The first-order chi connectivity index (χ1) is 10.0. The number of anilines is 1. The largest absolute Gasteiger partial charge is 0.465 e. The van der Waals surface area contributed by atoms with Crippen molar-refractivity contribution in [1.29, 1.82) is 0 Å². The lowest BCUT2D eigenvalue weighted by molar-refractivity contribution is -0.130. The Morgan fingerprint density at radius 2 is 2.19 bits per heavy atom. The van der Waals surface area contributed by atoms with Gasteiger partial charge < -0.3 is 10.0 Å². The molecule has 1 unspecified atom stereocenters. The number of Topliss-reactive ketones (excluding diaryl/α,β-unsaturated/α-hetero) is 1. The monoisotopic (exact) mass is 293 g/mol. The van der Waals surface area contributed by atoms with Crippen LogP contribution < -0.4 is 10.2 Å².